The molecule has 0 aromatic heterocycles. The molecule has 0 fully saturated rings. The van der Waals surface area contributed by atoms with Crippen molar-refractivity contribution in [2.75, 3.05) is 39.6 Å². The third-order valence-corrected chi connectivity index (χ3v) is 18.3. The molecule has 0 rings (SSSR count). The number of ether oxygens (including phenoxy) is 4. The largest absolute Gasteiger partial charge is 0.472 e. The van der Waals surface area contributed by atoms with E-state index in [1.165, 1.54) is 122 Å². The highest BCUT2D eigenvalue weighted by atomic mass is 31.2. The van der Waals surface area contributed by atoms with Crippen LogP contribution in [-0.2, 0) is 65.4 Å². The Labute approximate surface area is 595 Å². The molecule has 0 saturated heterocycles. The second kappa shape index (κ2) is 71.6. The maximum Gasteiger partial charge on any atom is 0.472 e. The smallest absolute Gasteiger partial charge is 0.462 e. The molecule has 0 amide bonds. The average molecular weight is 1420 g/mol. The molecule has 98 heavy (non-hydrogen) atoms. The van der Waals surface area contributed by atoms with Gasteiger partial charge in [-0.1, -0.05) is 280 Å². The zero-order valence-corrected chi connectivity index (χ0v) is 63.7. The molecule has 0 radical (unpaired) electrons. The SMILES string of the molecule is CCCCC/C=C\C/C=C\C/C=C\C/C=C\CCCC(=O)OC[C@H](COP(=O)(O)OC[C@H](O)COP(=O)(O)OC[C@@H](COC(=O)CCCCCCC/C=C\C=C/CCCCCC)OC(=O)CCCCCCC/C=C\CCCCCC)OC(=O)CCCCCCCCCCCCCCC. The van der Waals surface area contributed by atoms with Gasteiger partial charge in [-0.3, -0.25) is 37.3 Å². The summed E-state index contributed by atoms with van der Waals surface area (Å²) in [5, 5.41) is 10.6. The van der Waals surface area contributed by atoms with Gasteiger partial charge in [-0.2, -0.15) is 0 Å². The standard InChI is InChI=1S/C79H140O17P2/c1-5-9-13-17-21-25-29-33-35-36-38-42-44-48-52-56-60-64-77(82)90-70-75(96-79(84)66-62-58-54-50-46-40-32-28-24-20-16-12-8-4)72-94-98(87,88)92-68-73(80)67-91-97(85,86)93-71-74(95-78(83)65-61-57-53-49-45-39-31-27-23-19-15-11-7-3)69-89-76(81)63-59-55-51-47-43-41-37-34-30-26-22-18-14-10-6-2/h21,25-27,30-31,33-35,37-38,42,48,52,73-75,80H,5-20,22-24,28-29,32,36,39-41,43-47,49-51,53-72H2,1-4H3,(H,85,86)(H,87,88)/b25-21-,30-26-,31-27-,35-33-,37-34-,42-38-,52-48-/t73-,74-,75-/m1/s1. The van der Waals surface area contributed by atoms with Gasteiger partial charge in [-0.25, -0.2) is 9.13 Å². The van der Waals surface area contributed by atoms with E-state index in [-0.39, 0.29) is 25.7 Å². The lowest BCUT2D eigenvalue weighted by Gasteiger charge is -2.21. The molecule has 0 aliphatic rings. The minimum absolute atomic E-state index is 0.0820. The number of allylic oxidation sites excluding steroid dienone is 14. The minimum Gasteiger partial charge on any atom is -0.462 e. The summed E-state index contributed by atoms with van der Waals surface area (Å²) in [7, 11) is -9.96. The van der Waals surface area contributed by atoms with Gasteiger partial charge in [0, 0.05) is 25.7 Å². The highest BCUT2D eigenvalue weighted by Gasteiger charge is 2.30. The summed E-state index contributed by atoms with van der Waals surface area (Å²) in [5.41, 5.74) is 0. The van der Waals surface area contributed by atoms with Crippen LogP contribution in [0, 0.1) is 0 Å². The van der Waals surface area contributed by atoms with Gasteiger partial charge >= 0.3 is 39.5 Å². The Morgan fingerprint density at radius 1 is 0.296 bits per heavy atom. The van der Waals surface area contributed by atoms with Crippen LogP contribution in [0.3, 0.4) is 0 Å². The molecule has 0 heterocycles. The normalized spacial score (nSPS) is 14.4. The van der Waals surface area contributed by atoms with Crippen molar-refractivity contribution in [2.45, 2.75) is 354 Å². The maximum absolute atomic E-state index is 13.1. The predicted octanol–water partition coefficient (Wildman–Crippen LogP) is 22.2. The van der Waals surface area contributed by atoms with Gasteiger partial charge in [0.25, 0.3) is 0 Å². The Bertz CT molecular complexity index is 2190. The molecule has 3 N–H and O–H groups in total. The molecule has 2 unspecified atom stereocenters. The fraction of sp³-hybridized carbons (Fsp3) is 0.772. The van der Waals surface area contributed by atoms with Crippen molar-refractivity contribution in [3.63, 3.8) is 0 Å². The summed E-state index contributed by atoms with van der Waals surface area (Å²) in [5.74, 6) is -2.25. The van der Waals surface area contributed by atoms with Crippen LogP contribution < -0.4 is 0 Å². The van der Waals surface area contributed by atoms with E-state index in [1.807, 2.05) is 12.2 Å². The van der Waals surface area contributed by atoms with Crippen LogP contribution in [0.4, 0.5) is 0 Å². The van der Waals surface area contributed by atoms with Gasteiger partial charge in [-0.05, 0) is 116 Å². The zero-order valence-electron chi connectivity index (χ0n) is 62.0. The van der Waals surface area contributed by atoms with E-state index in [0.717, 1.165) is 128 Å². The van der Waals surface area contributed by atoms with Crippen LogP contribution in [0.15, 0.2) is 85.1 Å². The summed E-state index contributed by atoms with van der Waals surface area (Å²) in [6.45, 7) is 4.75. The number of aliphatic hydroxyl groups excluding tert-OH is 1. The monoisotopic (exact) mass is 1420 g/mol. The second-order valence-corrected chi connectivity index (χ2v) is 28.9. The number of hydrogen-bond acceptors (Lipinski definition) is 15. The number of hydrogen-bond donors (Lipinski definition) is 3. The number of carbonyl (C=O) groups excluding carboxylic acids is 4. The third kappa shape index (κ3) is 70.7. The van der Waals surface area contributed by atoms with Gasteiger partial charge < -0.3 is 33.8 Å². The van der Waals surface area contributed by atoms with Crippen LogP contribution in [0.2, 0.25) is 0 Å². The molecule has 0 aromatic carbocycles. The van der Waals surface area contributed by atoms with Gasteiger partial charge in [0.2, 0.25) is 0 Å². The van der Waals surface area contributed by atoms with Crippen LogP contribution in [0.5, 0.6) is 0 Å². The molecule has 0 aliphatic carbocycles. The van der Waals surface area contributed by atoms with Crippen molar-refractivity contribution >= 4 is 39.5 Å². The molecule has 5 atom stereocenters. The molecule has 0 bridgehead atoms. The van der Waals surface area contributed by atoms with E-state index >= 15 is 0 Å². The Morgan fingerprint density at radius 3 is 0.908 bits per heavy atom. The molecular formula is C79H140O17P2. The molecule has 568 valence electrons. The number of phosphoric ester groups is 2. The van der Waals surface area contributed by atoms with Crippen LogP contribution in [0.25, 0.3) is 0 Å². The topological polar surface area (TPSA) is 237 Å². The van der Waals surface area contributed by atoms with Crippen molar-refractivity contribution in [1.82, 2.24) is 0 Å². The average Bonchev–Trinajstić information content (AvgIpc) is 0.969. The molecule has 0 spiro atoms. The van der Waals surface area contributed by atoms with Crippen LogP contribution in [0.1, 0.15) is 336 Å². The van der Waals surface area contributed by atoms with E-state index in [9.17, 15) is 43.2 Å². The van der Waals surface area contributed by atoms with Crippen molar-refractivity contribution in [3.05, 3.63) is 85.1 Å². The number of rotatable bonds is 73. The Kier molecular flexibility index (Phi) is 68.9. The molecular weight excluding hydrogens is 1280 g/mol. The lowest BCUT2D eigenvalue weighted by molar-refractivity contribution is -0.161. The number of aliphatic hydroxyl groups is 1. The molecule has 0 saturated carbocycles. The van der Waals surface area contributed by atoms with Crippen molar-refractivity contribution in [2.24, 2.45) is 0 Å². The quantitative estimate of drug-likeness (QED) is 0.0128. The summed E-state index contributed by atoms with van der Waals surface area (Å²) in [6.07, 6.45) is 72.9. The molecule has 0 aromatic rings. The molecule has 19 heteroatoms. The Hall–Kier alpha value is -3.76. The van der Waals surface area contributed by atoms with Crippen molar-refractivity contribution in [1.29, 1.82) is 0 Å². The summed E-state index contributed by atoms with van der Waals surface area (Å²) in [6, 6.07) is 0. The van der Waals surface area contributed by atoms with E-state index in [0.29, 0.717) is 32.1 Å². The second-order valence-electron chi connectivity index (χ2n) is 26.0. The van der Waals surface area contributed by atoms with Crippen LogP contribution in [-0.4, -0.2) is 96.7 Å². The van der Waals surface area contributed by atoms with Crippen molar-refractivity contribution < 1.29 is 80.2 Å². The van der Waals surface area contributed by atoms with E-state index < -0.39 is 97.5 Å². The Morgan fingerprint density at radius 2 is 0.541 bits per heavy atom. The fourth-order valence-corrected chi connectivity index (χ4v) is 12.0. The van der Waals surface area contributed by atoms with Crippen LogP contribution >= 0.6 is 15.6 Å². The first-order chi connectivity index (χ1) is 47.7. The third-order valence-electron chi connectivity index (χ3n) is 16.4. The predicted molar refractivity (Wildman–Crippen MR) is 399 cm³/mol. The highest BCUT2D eigenvalue weighted by molar-refractivity contribution is 7.47. The van der Waals surface area contributed by atoms with Gasteiger partial charge in [0.15, 0.2) is 12.2 Å². The number of esters is 4. The summed E-state index contributed by atoms with van der Waals surface area (Å²) in [4.78, 5) is 72.8. The number of unbranched alkanes of at least 4 members (excludes halogenated alkanes) is 34. The zero-order chi connectivity index (χ0) is 71.8. The lowest BCUT2D eigenvalue weighted by Crippen LogP contribution is -2.30. The summed E-state index contributed by atoms with van der Waals surface area (Å²) >= 11 is 0. The molecule has 0 aliphatic heterocycles. The fourth-order valence-electron chi connectivity index (χ4n) is 10.4. The number of phosphoric acid groups is 2. The first-order valence-electron chi connectivity index (χ1n) is 38.8. The van der Waals surface area contributed by atoms with Gasteiger partial charge in [0.1, 0.15) is 19.3 Å². The van der Waals surface area contributed by atoms with Gasteiger partial charge in [0.05, 0.1) is 26.4 Å². The van der Waals surface area contributed by atoms with E-state index in [1.54, 1.807) is 0 Å². The molecule has 17 nitrogen and oxygen atoms in total. The summed E-state index contributed by atoms with van der Waals surface area (Å²) < 4.78 is 68.4. The van der Waals surface area contributed by atoms with Crippen molar-refractivity contribution in [3.8, 4) is 0 Å². The van der Waals surface area contributed by atoms with E-state index in [2.05, 4.69) is 101 Å². The lowest BCUT2D eigenvalue weighted by atomic mass is 10.0. The van der Waals surface area contributed by atoms with Gasteiger partial charge in [-0.15, -0.1) is 0 Å². The Balaban J connectivity index is 5.38. The first-order valence-corrected chi connectivity index (χ1v) is 41.8. The first kappa shape index (κ1) is 94.2. The highest BCUT2D eigenvalue weighted by Crippen LogP contribution is 2.45. The minimum atomic E-state index is -4.98. The maximum atomic E-state index is 13.1. The number of carbonyl (C=O) groups is 4. The van der Waals surface area contributed by atoms with E-state index in [4.69, 9.17) is 37.0 Å².